The quantitative estimate of drug-likeness (QED) is 0.0320. The predicted molar refractivity (Wildman–Crippen MR) is 333 cm³/mol. The first-order valence-corrected chi connectivity index (χ1v) is 34.6. The third kappa shape index (κ3) is 61.6. The normalized spacial score (nSPS) is 12.6. The predicted octanol–water partition coefficient (Wildman–Crippen LogP) is 22.1. The van der Waals surface area contributed by atoms with Crippen LogP contribution in [0.25, 0.3) is 0 Å². The van der Waals surface area contributed by atoms with E-state index in [0.29, 0.717) is 19.4 Å². The Hall–Kier alpha value is -1.66. The van der Waals surface area contributed by atoms with Crippen LogP contribution in [0.15, 0.2) is 24.3 Å². The van der Waals surface area contributed by atoms with E-state index >= 15 is 0 Å². The van der Waals surface area contributed by atoms with E-state index in [0.717, 1.165) is 38.5 Å². The molecule has 0 saturated heterocycles. The van der Waals surface area contributed by atoms with E-state index in [-0.39, 0.29) is 18.5 Å². The fourth-order valence-electron chi connectivity index (χ4n) is 10.9. The van der Waals surface area contributed by atoms with Crippen LogP contribution in [0.1, 0.15) is 386 Å². The van der Waals surface area contributed by atoms with E-state index < -0.39 is 12.1 Å². The topological polar surface area (TPSA) is 95.9 Å². The smallest absolute Gasteiger partial charge is 0.305 e. The molecule has 0 radical (unpaired) electrons. The lowest BCUT2D eigenvalue weighted by atomic mass is 10.0. The number of aliphatic hydroxyl groups is 2. The molecule has 0 aromatic carbocycles. The van der Waals surface area contributed by atoms with Gasteiger partial charge < -0.3 is 20.3 Å². The van der Waals surface area contributed by atoms with Crippen LogP contribution < -0.4 is 5.32 Å². The molecular formula is C70H135NO5. The summed E-state index contributed by atoms with van der Waals surface area (Å²) in [7, 11) is 0. The minimum absolute atomic E-state index is 0.0181. The van der Waals surface area contributed by atoms with Crippen molar-refractivity contribution in [2.75, 3.05) is 13.2 Å². The van der Waals surface area contributed by atoms with Crippen LogP contribution in [0, 0.1) is 0 Å². The molecule has 0 rings (SSSR count). The monoisotopic (exact) mass is 1070 g/mol. The van der Waals surface area contributed by atoms with Gasteiger partial charge in [-0.05, 0) is 57.8 Å². The van der Waals surface area contributed by atoms with E-state index in [1.807, 2.05) is 6.08 Å². The number of esters is 1. The number of hydrogen-bond donors (Lipinski definition) is 3. The average Bonchev–Trinajstić information content (AvgIpc) is 3.42. The van der Waals surface area contributed by atoms with Crippen molar-refractivity contribution in [1.29, 1.82) is 0 Å². The third-order valence-electron chi connectivity index (χ3n) is 16.2. The second-order valence-corrected chi connectivity index (χ2v) is 23.9. The van der Waals surface area contributed by atoms with Gasteiger partial charge in [0.2, 0.25) is 5.91 Å². The fraction of sp³-hybridized carbons (Fsp3) is 0.914. The first kappa shape index (κ1) is 74.3. The number of hydrogen-bond acceptors (Lipinski definition) is 5. The van der Waals surface area contributed by atoms with Gasteiger partial charge in [0.05, 0.1) is 25.4 Å². The van der Waals surface area contributed by atoms with Gasteiger partial charge in [-0.25, -0.2) is 0 Å². The largest absolute Gasteiger partial charge is 0.466 e. The molecule has 2 atom stereocenters. The van der Waals surface area contributed by atoms with Crippen molar-refractivity contribution in [1.82, 2.24) is 5.32 Å². The zero-order chi connectivity index (χ0) is 55.0. The molecule has 0 aliphatic heterocycles. The molecule has 0 heterocycles. The minimum atomic E-state index is -0.846. The summed E-state index contributed by atoms with van der Waals surface area (Å²) in [5.74, 6) is -0.0504. The summed E-state index contributed by atoms with van der Waals surface area (Å²) in [6.45, 7) is 4.94. The highest BCUT2D eigenvalue weighted by Gasteiger charge is 2.18. The summed E-state index contributed by atoms with van der Waals surface area (Å²) in [4.78, 5) is 24.6. The highest BCUT2D eigenvalue weighted by Crippen LogP contribution is 2.18. The molecule has 450 valence electrons. The van der Waals surface area contributed by atoms with Crippen LogP contribution >= 0.6 is 0 Å². The highest BCUT2D eigenvalue weighted by molar-refractivity contribution is 5.76. The van der Waals surface area contributed by atoms with Crippen molar-refractivity contribution in [3.05, 3.63) is 24.3 Å². The summed E-state index contributed by atoms with van der Waals surface area (Å²) in [5, 5.41) is 23.2. The number of rotatable bonds is 65. The van der Waals surface area contributed by atoms with E-state index in [4.69, 9.17) is 4.74 Å². The van der Waals surface area contributed by atoms with Gasteiger partial charge >= 0.3 is 5.97 Å². The molecule has 6 heteroatoms. The van der Waals surface area contributed by atoms with Gasteiger partial charge in [0, 0.05) is 12.8 Å². The zero-order valence-electron chi connectivity index (χ0n) is 51.5. The van der Waals surface area contributed by atoms with Crippen molar-refractivity contribution < 1.29 is 24.5 Å². The SMILES string of the molecule is CCCCCCCCCCCCCCCC/C=C/C(O)C(CO)NC(=O)CCCCCCCCCCC/C=C\CCCCCCCCCCCCCCOC(=O)CCCCCCCCCCCCCCCCCCCC. The number of nitrogens with one attached hydrogen (secondary N) is 1. The van der Waals surface area contributed by atoms with E-state index in [2.05, 4.69) is 31.3 Å². The maximum Gasteiger partial charge on any atom is 0.305 e. The number of aliphatic hydroxyl groups excluding tert-OH is 2. The van der Waals surface area contributed by atoms with Gasteiger partial charge in [0.15, 0.2) is 0 Å². The number of allylic oxidation sites excluding steroid dienone is 3. The van der Waals surface area contributed by atoms with E-state index in [1.165, 1.54) is 321 Å². The molecule has 0 bridgehead atoms. The maximum absolute atomic E-state index is 12.5. The van der Waals surface area contributed by atoms with Gasteiger partial charge in [-0.3, -0.25) is 9.59 Å². The fourth-order valence-corrected chi connectivity index (χ4v) is 10.9. The third-order valence-corrected chi connectivity index (χ3v) is 16.2. The van der Waals surface area contributed by atoms with Crippen molar-refractivity contribution >= 4 is 11.9 Å². The molecule has 0 fully saturated rings. The summed E-state index contributed by atoms with van der Waals surface area (Å²) in [6, 6.07) is -0.630. The highest BCUT2D eigenvalue weighted by atomic mass is 16.5. The van der Waals surface area contributed by atoms with Gasteiger partial charge in [-0.15, -0.1) is 0 Å². The number of carbonyl (C=O) groups is 2. The number of carbonyl (C=O) groups excluding carboxylic acids is 2. The van der Waals surface area contributed by atoms with Crippen LogP contribution in [0.2, 0.25) is 0 Å². The lowest BCUT2D eigenvalue weighted by molar-refractivity contribution is -0.143. The Bertz CT molecular complexity index is 1190. The Morgan fingerprint density at radius 2 is 0.618 bits per heavy atom. The number of unbranched alkanes of at least 4 members (excludes halogenated alkanes) is 52. The van der Waals surface area contributed by atoms with Crippen LogP contribution in [0.3, 0.4) is 0 Å². The van der Waals surface area contributed by atoms with Crippen molar-refractivity contribution in [2.45, 2.75) is 398 Å². The first-order valence-electron chi connectivity index (χ1n) is 34.6. The molecule has 0 saturated carbocycles. The van der Waals surface area contributed by atoms with Crippen molar-refractivity contribution in [2.24, 2.45) is 0 Å². The summed E-state index contributed by atoms with van der Waals surface area (Å²) >= 11 is 0. The molecule has 3 N–H and O–H groups in total. The zero-order valence-corrected chi connectivity index (χ0v) is 51.5. The molecular weight excluding hydrogens is 935 g/mol. The molecule has 0 aliphatic rings. The molecule has 6 nitrogen and oxygen atoms in total. The minimum Gasteiger partial charge on any atom is -0.466 e. The number of ether oxygens (including phenoxy) is 1. The Morgan fingerprint density at radius 1 is 0.355 bits per heavy atom. The van der Waals surface area contributed by atoms with E-state index in [1.54, 1.807) is 6.08 Å². The van der Waals surface area contributed by atoms with Gasteiger partial charge in [-0.2, -0.15) is 0 Å². The average molecular weight is 1070 g/mol. The lowest BCUT2D eigenvalue weighted by Gasteiger charge is -2.20. The lowest BCUT2D eigenvalue weighted by Crippen LogP contribution is -2.45. The van der Waals surface area contributed by atoms with E-state index in [9.17, 15) is 19.8 Å². The van der Waals surface area contributed by atoms with Crippen molar-refractivity contribution in [3.63, 3.8) is 0 Å². The second kappa shape index (κ2) is 65.9. The summed E-state index contributed by atoms with van der Waals surface area (Å²) in [6.07, 6.45) is 82.5. The van der Waals surface area contributed by atoms with Crippen LogP contribution in [0.5, 0.6) is 0 Å². The maximum atomic E-state index is 12.5. The standard InChI is InChI=1S/C70H135NO5/c1-3-5-7-9-11-13-15-17-19-21-32-36-40-44-48-52-56-60-64-70(75)76-65-61-57-53-49-45-41-37-33-30-28-26-24-22-23-25-27-29-31-35-39-43-47-51-55-59-63-69(74)71-67(66-72)68(73)62-58-54-50-46-42-38-34-20-18-16-14-12-10-8-6-4-2/h23,25,58,62,67-68,72-73H,3-22,24,26-57,59-61,63-66H2,1-2H3,(H,71,74)/b25-23-,62-58+. The Labute approximate surface area is 475 Å². The molecule has 0 spiro atoms. The Kier molecular flexibility index (Phi) is 64.4. The first-order chi connectivity index (χ1) is 37.5. The van der Waals surface area contributed by atoms with Crippen LogP contribution in [-0.4, -0.2) is 47.4 Å². The summed E-state index contributed by atoms with van der Waals surface area (Å²) in [5.41, 5.74) is 0. The molecule has 0 aliphatic carbocycles. The number of amides is 1. The second-order valence-electron chi connectivity index (χ2n) is 23.9. The van der Waals surface area contributed by atoms with Crippen LogP contribution in [0.4, 0.5) is 0 Å². The van der Waals surface area contributed by atoms with Crippen LogP contribution in [-0.2, 0) is 14.3 Å². The van der Waals surface area contributed by atoms with Gasteiger partial charge in [-0.1, -0.05) is 340 Å². The Morgan fingerprint density at radius 3 is 0.934 bits per heavy atom. The molecule has 76 heavy (non-hydrogen) atoms. The summed E-state index contributed by atoms with van der Waals surface area (Å²) < 4.78 is 5.51. The molecule has 1 amide bonds. The van der Waals surface area contributed by atoms with Gasteiger partial charge in [0.1, 0.15) is 0 Å². The molecule has 2 unspecified atom stereocenters. The molecule has 0 aromatic heterocycles. The van der Waals surface area contributed by atoms with Gasteiger partial charge in [0.25, 0.3) is 0 Å². The van der Waals surface area contributed by atoms with Crippen molar-refractivity contribution in [3.8, 4) is 0 Å². The Balaban J connectivity index is 3.39. The molecule has 0 aromatic rings.